The van der Waals surface area contributed by atoms with Gasteiger partial charge in [0.05, 0.1) is 36.3 Å². The summed E-state index contributed by atoms with van der Waals surface area (Å²) in [5.74, 6) is 0.401. The van der Waals surface area contributed by atoms with Gasteiger partial charge in [-0.15, -0.1) is 11.8 Å². The number of hydrogen-bond donors (Lipinski definition) is 0. The van der Waals surface area contributed by atoms with E-state index in [0.717, 1.165) is 30.1 Å². The number of carbonyl (C=O) groups excluding carboxylic acids is 1. The Morgan fingerprint density at radius 1 is 1.25 bits per heavy atom. The topological polar surface area (TPSA) is 72.9 Å². The molecule has 24 heavy (non-hydrogen) atoms. The average molecular weight is 371 g/mol. The highest BCUT2D eigenvalue weighted by atomic mass is 32.2. The zero-order valence-corrected chi connectivity index (χ0v) is 15.0. The van der Waals surface area contributed by atoms with Gasteiger partial charge in [-0.25, -0.2) is 13.5 Å². The van der Waals surface area contributed by atoms with Crippen molar-refractivity contribution >= 4 is 27.5 Å². The van der Waals surface area contributed by atoms with Crippen molar-refractivity contribution < 1.29 is 22.8 Å². The Hall–Kier alpha value is -1.09. The second-order valence-electron chi connectivity index (χ2n) is 5.83. The van der Waals surface area contributed by atoms with Crippen LogP contribution in [0.4, 0.5) is 0 Å². The Labute approximate surface area is 146 Å². The lowest BCUT2D eigenvalue weighted by molar-refractivity contribution is -0.111. The summed E-state index contributed by atoms with van der Waals surface area (Å²) in [6, 6.07) is 7.35. The quantitative estimate of drug-likeness (QED) is 0.751. The molecule has 2 fully saturated rings. The first-order valence-electron chi connectivity index (χ1n) is 8.04. The zero-order valence-electron chi connectivity index (χ0n) is 13.3. The Bertz CT molecular complexity index is 685. The predicted octanol–water partition coefficient (Wildman–Crippen LogP) is 1.76. The van der Waals surface area contributed by atoms with Crippen molar-refractivity contribution in [2.45, 2.75) is 23.8 Å². The van der Waals surface area contributed by atoms with E-state index in [0.29, 0.717) is 5.56 Å². The number of sulfone groups is 1. The van der Waals surface area contributed by atoms with Gasteiger partial charge < -0.3 is 4.74 Å². The molecule has 0 aromatic heterocycles. The Morgan fingerprint density at radius 2 is 2.08 bits per heavy atom. The van der Waals surface area contributed by atoms with Gasteiger partial charge in [0.2, 0.25) is 0 Å². The number of rotatable bonds is 4. The summed E-state index contributed by atoms with van der Waals surface area (Å²) in [5, 5.41) is 1.18. The third-order valence-corrected chi connectivity index (χ3v) is 6.84. The SMILES string of the molecule is O=C(c1ccccc1SCC1CCCO1)N1CCS(=O)(=O)CCO1. The fourth-order valence-corrected chi connectivity index (χ4v) is 4.78. The van der Waals surface area contributed by atoms with Crippen LogP contribution in [0.1, 0.15) is 23.2 Å². The van der Waals surface area contributed by atoms with Crippen LogP contribution in [0, 0.1) is 0 Å². The Morgan fingerprint density at radius 3 is 2.88 bits per heavy atom. The second kappa shape index (κ2) is 7.86. The maximum Gasteiger partial charge on any atom is 0.278 e. The molecule has 1 aromatic rings. The third-order valence-electron chi connectivity index (χ3n) is 4.04. The standard InChI is InChI=1S/C16H21NO5S2/c18-16(17-7-10-24(19,20)11-9-22-17)14-5-1-2-6-15(14)23-12-13-4-3-8-21-13/h1-2,5-6,13H,3-4,7-12H2. The van der Waals surface area contributed by atoms with E-state index in [1.807, 2.05) is 12.1 Å². The first-order chi connectivity index (χ1) is 11.6. The first kappa shape index (κ1) is 17.7. The molecule has 1 aromatic carbocycles. The van der Waals surface area contributed by atoms with Crippen molar-refractivity contribution in [3.05, 3.63) is 29.8 Å². The van der Waals surface area contributed by atoms with E-state index in [2.05, 4.69) is 0 Å². The lowest BCUT2D eigenvalue weighted by Gasteiger charge is -2.20. The molecule has 0 aliphatic carbocycles. The first-order valence-corrected chi connectivity index (χ1v) is 10.8. The van der Waals surface area contributed by atoms with Crippen LogP contribution in [0.2, 0.25) is 0 Å². The second-order valence-corrected chi connectivity index (χ2v) is 9.20. The highest BCUT2D eigenvalue weighted by Crippen LogP contribution is 2.27. The number of thioether (sulfide) groups is 1. The molecule has 3 rings (SSSR count). The molecule has 2 saturated heterocycles. The summed E-state index contributed by atoms with van der Waals surface area (Å²) in [6.07, 6.45) is 2.37. The fraction of sp³-hybridized carbons (Fsp3) is 0.562. The molecule has 6 nitrogen and oxygen atoms in total. The number of ether oxygens (including phenoxy) is 1. The van der Waals surface area contributed by atoms with Crippen molar-refractivity contribution in [3.63, 3.8) is 0 Å². The van der Waals surface area contributed by atoms with Crippen molar-refractivity contribution in [1.29, 1.82) is 0 Å². The summed E-state index contributed by atoms with van der Waals surface area (Å²) in [7, 11) is -3.14. The molecule has 0 radical (unpaired) electrons. The molecule has 132 valence electrons. The molecule has 1 unspecified atom stereocenters. The van der Waals surface area contributed by atoms with E-state index >= 15 is 0 Å². The van der Waals surface area contributed by atoms with E-state index < -0.39 is 9.84 Å². The summed E-state index contributed by atoms with van der Waals surface area (Å²) in [5.41, 5.74) is 0.541. The number of hydroxylamine groups is 2. The van der Waals surface area contributed by atoms with Gasteiger partial charge in [-0.3, -0.25) is 9.63 Å². The molecule has 2 aliphatic heterocycles. The van der Waals surface area contributed by atoms with Crippen LogP contribution in [-0.4, -0.2) is 62.5 Å². The van der Waals surface area contributed by atoms with Gasteiger partial charge in [0.1, 0.15) is 0 Å². The molecular formula is C16H21NO5S2. The largest absolute Gasteiger partial charge is 0.377 e. The maximum atomic E-state index is 12.7. The Balaban J connectivity index is 1.69. The number of nitrogens with zero attached hydrogens (tertiary/aromatic N) is 1. The van der Waals surface area contributed by atoms with Gasteiger partial charge in [-0.2, -0.15) is 0 Å². The maximum absolute atomic E-state index is 12.7. The minimum Gasteiger partial charge on any atom is -0.377 e. The number of hydrogen-bond acceptors (Lipinski definition) is 6. The minimum atomic E-state index is -3.14. The van der Waals surface area contributed by atoms with Gasteiger partial charge in [0.25, 0.3) is 5.91 Å². The molecule has 1 atom stereocenters. The van der Waals surface area contributed by atoms with Crippen molar-refractivity contribution in [1.82, 2.24) is 5.06 Å². The smallest absolute Gasteiger partial charge is 0.278 e. The van der Waals surface area contributed by atoms with Crippen LogP contribution in [0.5, 0.6) is 0 Å². The molecule has 0 spiro atoms. The molecule has 8 heteroatoms. The number of carbonyl (C=O) groups is 1. The van der Waals surface area contributed by atoms with Gasteiger partial charge in [0, 0.05) is 17.3 Å². The van der Waals surface area contributed by atoms with Crippen LogP contribution in [0.25, 0.3) is 0 Å². The molecule has 2 aliphatic rings. The normalized spacial score (nSPS) is 23.8. The molecule has 2 heterocycles. The summed E-state index contributed by atoms with van der Waals surface area (Å²) >= 11 is 1.60. The molecule has 0 saturated carbocycles. The van der Waals surface area contributed by atoms with Gasteiger partial charge in [-0.05, 0) is 25.0 Å². The summed E-state index contributed by atoms with van der Waals surface area (Å²) in [6.45, 7) is 0.882. The molecule has 0 N–H and O–H groups in total. The Kier molecular flexibility index (Phi) is 5.80. The minimum absolute atomic E-state index is 0.0132. The zero-order chi connectivity index (χ0) is 17.0. The highest BCUT2D eigenvalue weighted by molar-refractivity contribution is 7.99. The molecule has 1 amide bonds. The van der Waals surface area contributed by atoms with E-state index in [1.54, 1.807) is 23.9 Å². The average Bonchev–Trinajstić information content (AvgIpc) is 3.02. The third kappa shape index (κ3) is 4.50. The molecule has 0 bridgehead atoms. The van der Waals surface area contributed by atoms with Crippen molar-refractivity contribution in [3.8, 4) is 0 Å². The lowest BCUT2D eigenvalue weighted by atomic mass is 10.2. The highest BCUT2D eigenvalue weighted by Gasteiger charge is 2.26. The number of benzene rings is 1. The van der Waals surface area contributed by atoms with Gasteiger partial charge in [0.15, 0.2) is 9.84 Å². The van der Waals surface area contributed by atoms with Crippen LogP contribution in [0.3, 0.4) is 0 Å². The van der Waals surface area contributed by atoms with Crippen LogP contribution < -0.4 is 0 Å². The van der Waals surface area contributed by atoms with E-state index in [4.69, 9.17) is 9.57 Å². The van der Waals surface area contributed by atoms with Crippen LogP contribution >= 0.6 is 11.8 Å². The van der Waals surface area contributed by atoms with E-state index in [1.165, 1.54) is 5.06 Å². The van der Waals surface area contributed by atoms with Gasteiger partial charge in [-0.1, -0.05) is 12.1 Å². The lowest BCUT2D eigenvalue weighted by Crippen LogP contribution is -2.33. The predicted molar refractivity (Wildman–Crippen MR) is 91.8 cm³/mol. The van der Waals surface area contributed by atoms with Crippen molar-refractivity contribution in [2.24, 2.45) is 0 Å². The summed E-state index contributed by atoms with van der Waals surface area (Å²) < 4.78 is 28.9. The van der Waals surface area contributed by atoms with Crippen LogP contribution in [-0.2, 0) is 19.4 Å². The number of amides is 1. The fourth-order valence-electron chi connectivity index (χ4n) is 2.69. The van der Waals surface area contributed by atoms with Gasteiger partial charge >= 0.3 is 0 Å². The van der Waals surface area contributed by atoms with Crippen molar-refractivity contribution in [2.75, 3.05) is 37.0 Å². The summed E-state index contributed by atoms with van der Waals surface area (Å²) in [4.78, 5) is 19.0. The van der Waals surface area contributed by atoms with E-state index in [-0.39, 0.29) is 36.7 Å². The molecular weight excluding hydrogens is 350 g/mol. The monoisotopic (exact) mass is 371 g/mol. The van der Waals surface area contributed by atoms with E-state index in [9.17, 15) is 13.2 Å². The van der Waals surface area contributed by atoms with Crippen LogP contribution in [0.15, 0.2) is 29.2 Å².